The quantitative estimate of drug-likeness (QED) is 0.753. The Bertz CT molecular complexity index is 972. The van der Waals surface area contributed by atoms with Gasteiger partial charge >= 0.3 is 0 Å². The van der Waals surface area contributed by atoms with Crippen molar-refractivity contribution in [2.75, 3.05) is 6.54 Å². The Balaban J connectivity index is 1.98. The van der Waals surface area contributed by atoms with E-state index in [2.05, 4.69) is 0 Å². The van der Waals surface area contributed by atoms with Crippen molar-refractivity contribution in [3.05, 3.63) is 58.1 Å². The molecule has 1 aromatic heterocycles. The molecule has 0 amide bonds. The van der Waals surface area contributed by atoms with Crippen LogP contribution in [-0.4, -0.2) is 22.7 Å². The van der Waals surface area contributed by atoms with Gasteiger partial charge in [-0.3, -0.25) is 0 Å². The second kappa shape index (κ2) is 6.30. The molecular weight excluding hydrogens is 336 g/mol. The maximum absolute atomic E-state index is 9.89. The number of halogens is 1. The first-order valence-electron chi connectivity index (χ1n) is 8.30. The summed E-state index contributed by atoms with van der Waals surface area (Å²) >= 11 is 6.34. The van der Waals surface area contributed by atoms with Crippen molar-refractivity contribution in [3.8, 4) is 17.0 Å². The lowest BCUT2D eigenvalue weighted by atomic mass is 9.99. The lowest BCUT2D eigenvalue weighted by molar-refractivity contribution is 0.242. The van der Waals surface area contributed by atoms with Crippen LogP contribution in [0, 0.1) is 6.92 Å². The molecule has 0 saturated carbocycles. The number of benzene rings is 2. The third-order valence-electron chi connectivity index (χ3n) is 4.68. The monoisotopic (exact) mass is 354 g/mol. The summed E-state index contributed by atoms with van der Waals surface area (Å²) in [6, 6.07) is 11.8. The lowest BCUT2D eigenvalue weighted by Crippen LogP contribution is -2.24. The molecule has 5 heteroatoms. The van der Waals surface area contributed by atoms with Crippen LogP contribution >= 0.6 is 11.6 Å². The van der Waals surface area contributed by atoms with Crippen LogP contribution in [0.2, 0.25) is 5.02 Å². The number of rotatable bonds is 3. The van der Waals surface area contributed by atoms with Gasteiger partial charge in [-0.1, -0.05) is 29.8 Å². The van der Waals surface area contributed by atoms with Crippen molar-refractivity contribution in [1.82, 2.24) is 4.98 Å². The van der Waals surface area contributed by atoms with Crippen LogP contribution in [0.4, 0.5) is 0 Å². The molecule has 0 saturated heterocycles. The molecule has 3 N–H and O–H groups in total. The fourth-order valence-corrected chi connectivity index (χ4v) is 3.69. The second-order valence-corrected chi connectivity index (χ2v) is 6.86. The van der Waals surface area contributed by atoms with Gasteiger partial charge in [-0.25, -0.2) is 4.98 Å². The third-order valence-corrected chi connectivity index (χ3v) is 4.90. The number of aliphatic hydroxyl groups excluding tert-OH is 1. The van der Waals surface area contributed by atoms with Gasteiger partial charge in [0.2, 0.25) is 0 Å². The van der Waals surface area contributed by atoms with Gasteiger partial charge in [-0.2, -0.15) is 0 Å². The molecule has 1 aliphatic heterocycles. The lowest BCUT2D eigenvalue weighted by Gasteiger charge is -2.15. The van der Waals surface area contributed by atoms with Gasteiger partial charge in [0.1, 0.15) is 11.9 Å². The SMILES string of the molecule is Cc1cccc2cc(CO)c(-c3cc(Cl)cc4c3O[C@@H](CN)C4)nc12. The summed E-state index contributed by atoms with van der Waals surface area (Å²) in [6.07, 6.45) is 0.687. The van der Waals surface area contributed by atoms with Gasteiger partial charge < -0.3 is 15.6 Å². The van der Waals surface area contributed by atoms with Crippen LogP contribution in [0.5, 0.6) is 5.75 Å². The number of hydrogen-bond donors (Lipinski definition) is 2. The standard InChI is InChI=1S/C20H19ClN2O2/c1-11-3-2-4-12-5-14(10-24)19(23-18(11)12)17-8-15(21)6-13-7-16(9-22)25-20(13)17/h2-6,8,16,24H,7,9-10,22H2,1H3/t16-/m1/s1. The molecule has 25 heavy (non-hydrogen) atoms. The van der Waals surface area contributed by atoms with E-state index in [-0.39, 0.29) is 12.7 Å². The first-order valence-corrected chi connectivity index (χ1v) is 8.68. The van der Waals surface area contributed by atoms with E-state index in [1.165, 1.54) is 0 Å². The minimum atomic E-state index is -0.103. The van der Waals surface area contributed by atoms with Crippen molar-refractivity contribution < 1.29 is 9.84 Å². The zero-order valence-electron chi connectivity index (χ0n) is 13.9. The third kappa shape index (κ3) is 2.76. The van der Waals surface area contributed by atoms with Crippen molar-refractivity contribution in [1.29, 1.82) is 0 Å². The predicted molar refractivity (Wildman–Crippen MR) is 100 cm³/mol. The van der Waals surface area contributed by atoms with E-state index < -0.39 is 0 Å². The Labute approximate surface area is 151 Å². The van der Waals surface area contributed by atoms with E-state index in [1.807, 2.05) is 43.3 Å². The van der Waals surface area contributed by atoms with Crippen LogP contribution < -0.4 is 10.5 Å². The fourth-order valence-electron chi connectivity index (χ4n) is 3.45. The molecule has 1 aliphatic rings. The number of fused-ring (bicyclic) bond motifs is 2. The highest BCUT2D eigenvalue weighted by Crippen LogP contribution is 2.42. The number of nitrogens with two attached hydrogens (primary N) is 1. The predicted octanol–water partition coefficient (Wildman–Crippen LogP) is 3.62. The van der Waals surface area contributed by atoms with Crippen molar-refractivity contribution in [2.45, 2.75) is 26.1 Å². The average molecular weight is 355 g/mol. The molecule has 1 atom stereocenters. The highest BCUT2D eigenvalue weighted by molar-refractivity contribution is 6.31. The molecule has 4 nitrogen and oxygen atoms in total. The molecule has 0 aliphatic carbocycles. The van der Waals surface area contributed by atoms with Crippen LogP contribution in [0.1, 0.15) is 16.7 Å². The Morgan fingerprint density at radius 2 is 2.16 bits per heavy atom. The minimum absolute atomic E-state index is 0.0491. The number of aromatic nitrogens is 1. The largest absolute Gasteiger partial charge is 0.488 e. The summed E-state index contributed by atoms with van der Waals surface area (Å²) in [4.78, 5) is 4.86. The molecular formula is C20H19ClN2O2. The van der Waals surface area contributed by atoms with Crippen molar-refractivity contribution in [2.24, 2.45) is 5.73 Å². The minimum Gasteiger partial charge on any atom is -0.488 e. The number of ether oxygens (including phenoxy) is 1. The average Bonchev–Trinajstić information content (AvgIpc) is 3.03. The van der Waals surface area contributed by atoms with Crippen LogP contribution in [0.3, 0.4) is 0 Å². The van der Waals surface area contributed by atoms with Gasteiger partial charge in [0.05, 0.1) is 17.8 Å². The highest BCUT2D eigenvalue weighted by Gasteiger charge is 2.27. The maximum atomic E-state index is 9.89. The topological polar surface area (TPSA) is 68.4 Å². The smallest absolute Gasteiger partial charge is 0.132 e. The molecule has 4 rings (SSSR count). The summed E-state index contributed by atoms with van der Waals surface area (Å²) in [5.41, 5.74) is 11.1. The van der Waals surface area contributed by atoms with Crippen molar-refractivity contribution in [3.63, 3.8) is 0 Å². The molecule has 128 valence electrons. The van der Waals surface area contributed by atoms with Crippen LogP contribution in [-0.2, 0) is 13.0 Å². The Hall–Kier alpha value is -2.14. The zero-order valence-corrected chi connectivity index (χ0v) is 14.7. The molecule has 0 fully saturated rings. The molecule has 2 heterocycles. The summed E-state index contributed by atoms with van der Waals surface area (Å²) < 4.78 is 6.03. The van der Waals surface area contributed by atoms with Gasteiger partial charge in [0.25, 0.3) is 0 Å². The summed E-state index contributed by atoms with van der Waals surface area (Å²) in [6.45, 7) is 2.37. The highest BCUT2D eigenvalue weighted by atomic mass is 35.5. The number of aliphatic hydroxyl groups is 1. The number of nitrogens with zero attached hydrogens (tertiary/aromatic N) is 1. The first kappa shape index (κ1) is 16.3. The van der Waals surface area contributed by atoms with Gasteiger partial charge in [0, 0.05) is 40.1 Å². The number of pyridine rings is 1. The zero-order chi connectivity index (χ0) is 17.6. The van der Waals surface area contributed by atoms with Crippen LogP contribution in [0.25, 0.3) is 22.2 Å². The molecule has 0 bridgehead atoms. The van der Waals surface area contributed by atoms with E-state index in [1.54, 1.807) is 0 Å². The van der Waals surface area contributed by atoms with Crippen molar-refractivity contribution >= 4 is 22.5 Å². The van der Waals surface area contributed by atoms with E-state index in [9.17, 15) is 5.11 Å². The van der Waals surface area contributed by atoms with E-state index in [0.717, 1.165) is 45.3 Å². The van der Waals surface area contributed by atoms with E-state index in [0.29, 0.717) is 17.3 Å². The molecule has 0 radical (unpaired) electrons. The Kier molecular flexibility index (Phi) is 4.12. The van der Waals surface area contributed by atoms with Gasteiger partial charge in [0.15, 0.2) is 0 Å². The first-order chi connectivity index (χ1) is 12.1. The molecule has 0 spiro atoms. The number of para-hydroxylation sites is 1. The summed E-state index contributed by atoms with van der Waals surface area (Å²) in [7, 11) is 0. The molecule has 0 unspecified atom stereocenters. The Morgan fingerprint density at radius 3 is 2.92 bits per heavy atom. The number of aryl methyl sites for hydroxylation is 1. The molecule has 3 aromatic rings. The fraction of sp³-hybridized carbons (Fsp3) is 0.250. The second-order valence-electron chi connectivity index (χ2n) is 6.42. The van der Waals surface area contributed by atoms with E-state index in [4.69, 9.17) is 27.1 Å². The Morgan fingerprint density at radius 1 is 1.32 bits per heavy atom. The maximum Gasteiger partial charge on any atom is 0.132 e. The van der Waals surface area contributed by atoms with Crippen LogP contribution in [0.15, 0.2) is 36.4 Å². The number of hydrogen-bond acceptors (Lipinski definition) is 4. The normalized spacial score (nSPS) is 16.1. The summed E-state index contributed by atoms with van der Waals surface area (Å²) in [5, 5.41) is 11.5. The summed E-state index contributed by atoms with van der Waals surface area (Å²) in [5.74, 6) is 0.773. The molecule has 2 aromatic carbocycles. The van der Waals surface area contributed by atoms with E-state index >= 15 is 0 Å². The van der Waals surface area contributed by atoms with Gasteiger partial charge in [-0.05, 0) is 30.7 Å². The van der Waals surface area contributed by atoms with Gasteiger partial charge in [-0.15, -0.1) is 0 Å².